The van der Waals surface area contributed by atoms with Gasteiger partial charge in [0.25, 0.3) is 0 Å². The number of benzene rings is 1. The Labute approximate surface area is 112 Å². The monoisotopic (exact) mass is 312 g/mol. The van der Waals surface area contributed by atoms with Gasteiger partial charge < -0.3 is 5.32 Å². The van der Waals surface area contributed by atoms with Crippen molar-refractivity contribution in [3.05, 3.63) is 63.9 Å². The molecule has 0 saturated carbocycles. The Balaban J connectivity index is 2.56. The van der Waals surface area contributed by atoms with Gasteiger partial charge >= 0.3 is 0 Å². The van der Waals surface area contributed by atoms with Gasteiger partial charge in [0.15, 0.2) is 0 Å². The summed E-state index contributed by atoms with van der Waals surface area (Å²) < 4.78 is 28.1. The second kappa shape index (κ2) is 5.54. The van der Waals surface area contributed by atoms with Gasteiger partial charge in [0, 0.05) is 11.8 Å². The fourth-order valence-electron chi connectivity index (χ4n) is 1.79. The first-order chi connectivity index (χ1) is 8.65. The zero-order valence-electron chi connectivity index (χ0n) is 9.62. The quantitative estimate of drug-likeness (QED) is 0.878. The second-order valence-electron chi connectivity index (χ2n) is 3.73. The lowest BCUT2D eigenvalue weighted by Gasteiger charge is -2.18. The summed E-state index contributed by atoms with van der Waals surface area (Å²) in [5.74, 6) is -1.21. The number of aromatic nitrogens is 1. The fraction of sp³-hybridized carbons (Fsp3) is 0.154. The largest absolute Gasteiger partial charge is 0.308 e. The Kier molecular flexibility index (Phi) is 4.04. The van der Waals surface area contributed by atoms with Gasteiger partial charge in [-0.1, -0.05) is 6.07 Å². The van der Waals surface area contributed by atoms with Crippen molar-refractivity contribution in [1.29, 1.82) is 0 Å². The summed E-state index contributed by atoms with van der Waals surface area (Å²) >= 11 is 3.06. The van der Waals surface area contributed by atoms with Crippen molar-refractivity contribution in [3.8, 4) is 0 Å². The predicted octanol–water partition coefficient (Wildman–Crippen LogP) is 3.43. The van der Waals surface area contributed by atoms with Crippen molar-refractivity contribution in [1.82, 2.24) is 10.3 Å². The summed E-state index contributed by atoms with van der Waals surface area (Å²) in [5, 5.41) is 2.88. The maximum absolute atomic E-state index is 14.0. The van der Waals surface area contributed by atoms with Crippen LogP contribution in [0.5, 0.6) is 0 Å². The normalized spacial score (nSPS) is 12.4. The molecule has 1 atom stereocenters. The molecule has 0 saturated heterocycles. The van der Waals surface area contributed by atoms with Gasteiger partial charge in [-0.25, -0.2) is 8.78 Å². The highest BCUT2D eigenvalue weighted by Crippen LogP contribution is 2.29. The van der Waals surface area contributed by atoms with Crippen molar-refractivity contribution < 1.29 is 8.78 Å². The molecule has 0 spiro atoms. The van der Waals surface area contributed by atoms with Crippen molar-refractivity contribution in [2.75, 3.05) is 7.05 Å². The van der Waals surface area contributed by atoms with E-state index < -0.39 is 17.7 Å². The molecule has 1 aromatic heterocycles. The third-order valence-electron chi connectivity index (χ3n) is 2.64. The van der Waals surface area contributed by atoms with Crippen LogP contribution in [0.3, 0.4) is 0 Å². The lowest BCUT2D eigenvalue weighted by atomic mass is 10.0. The number of hydrogen-bond donors (Lipinski definition) is 1. The first-order valence-corrected chi connectivity index (χ1v) is 6.16. The molecule has 0 bridgehead atoms. The van der Waals surface area contributed by atoms with E-state index in [0.717, 1.165) is 0 Å². The number of rotatable bonds is 3. The molecule has 5 heteroatoms. The van der Waals surface area contributed by atoms with Crippen LogP contribution in [-0.4, -0.2) is 12.0 Å². The summed E-state index contributed by atoms with van der Waals surface area (Å²) in [4.78, 5) is 4.13. The van der Waals surface area contributed by atoms with Gasteiger partial charge in [-0.15, -0.1) is 0 Å². The number of pyridine rings is 1. The smallest absolute Gasteiger partial charge is 0.145 e. The number of hydrogen-bond acceptors (Lipinski definition) is 2. The molecule has 1 unspecified atom stereocenters. The zero-order valence-corrected chi connectivity index (χ0v) is 11.2. The lowest BCUT2D eigenvalue weighted by molar-refractivity contribution is 0.514. The molecule has 0 aliphatic heterocycles. The molecule has 0 amide bonds. The van der Waals surface area contributed by atoms with Gasteiger partial charge in [0.2, 0.25) is 0 Å². The molecule has 18 heavy (non-hydrogen) atoms. The van der Waals surface area contributed by atoms with E-state index in [4.69, 9.17) is 0 Å². The van der Waals surface area contributed by atoms with Crippen LogP contribution in [-0.2, 0) is 0 Å². The van der Waals surface area contributed by atoms with Crippen LogP contribution < -0.4 is 5.32 Å². The Morgan fingerprint density at radius 1 is 1.22 bits per heavy atom. The van der Waals surface area contributed by atoms with Crippen molar-refractivity contribution >= 4 is 15.9 Å². The molecule has 0 radical (unpaired) electrons. The molecule has 2 rings (SSSR count). The highest BCUT2D eigenvalue weighted by molar-refractivity contribution is 9.10. The molecule has 2 aromatic rings. The predicted molar refractivity (Wildman–Crippen MR) is 69.2 cm³/mol. The number of nitrogens with zero attached hydrogens (tertiary/aromatic N) is 1. The van der Waals surface area contributed by atoms with Gasteiger partial charge in [0.1, 0.15) is 11.6 Å². The summed E-state index contributed by atoms with van der Waals surface area (Å²) in [6, 6.07) is 7.21. The summed E-state index contributed by atoms with van der Waals surface area (Å²) in [6.07, 6.45) is 1.59. The van der Waals surface area contributed by atoms with E-state index in [2.05, 4.69) is 26.2 Å². The minimum Gasteiger partial charge on any atom is -0.308 e. The van der Waals surface area contributed by atoms with E-state index in [1.54, 1.807) is 31.4 Å². The minimum atomic E-state index is -0.622. The van der Waals surface area contributed by atoms with Crippen LogP contribution in [0.4, 0.5) is 8.78 Å². The highest BCUT2D eigenvalue weighted by atomic mass is 79.9. The van der Waals surface area contributed by atoms with Crippen LogP contribution in [0.2, 0.25) is 0 Å². The summed E-state index contributed by atoms with van der Waals surface area (Å²) in [5.41, 5.74) is 0.529. The molecular formula is C13H11BrF2N2. The molecule has 1 N–H and O–H groups in total. The average Bonchev–Trinajstić information content (AvgIpc) is 2.40. The van der Waals surface area contributed by atoms with Gasteiger partial charge in [-0.3, -0.25) is 4.98 Å². The third kappa shape index (κ3) is 2.42. The lowest BCUT2D eigenvalue weighted by Crippen LogP contribution is -2.21. The Bertz CT molecular complexity index is 546. The van der Waals surface area contributed by atoms with E-state index in [-0.39, 0.29) is 10.0 Å². The standard InChI is InChI=1S/C13H11BrF2N2/c1-17-13(10-4-2-3-7-18-10)11-9(15)6-5-8(14)12(11)16/h2-7,13,17H,1H3. The first-order valence-electron chi connectivity index (χ1n) is 5.36. The van der Waals surface area contributed by atoms with E-state index in [1.165, 1.54) is 12.1 Å². The van der Waals surface area contributed by atoms with Gasteiger partial charge in [-0.2, -0.15) is 0 Å². The van der Waals surface area contributed by atoms with Crippen LogP contribution in [0.25, 0.3) is 0 Å². The summed E-state index contributed by atoms with van der Waals surface area (Å²) in [6.45, 7) is 0. The van der Waals surface area contributed by atoms with Crippen molar-refractivity contribution in [2.24, 2.45) is 0 Å². The molecule has 2 nitrogen and oxygen atoms in total. The molecule has 1 aromatic carbocycles. The Morgan fingerprint density at radius 2 is 2.00 bits per heavy atom. The summed E-state index contributed by atoms with van der Waals surface area (Å²) in [7, 11) is 1.64. The average molecular weight is 313 g/mol. The molecule has 0 aliphatic rings. The minimum absolute atomic E-state index is 0.0365. The fourth-order valence-corrected chi connectivity index (χ4v) is 2.14. The SMILES string of the molecule is CNC(c1ccccn1)c1c(F)ccc(Br)c1F. The zero-order chi connectivity index (χ0) is 13.1. The van der Waals surface area contributed by atoms with Crippen LogP contribution in [0.15, 0.2) is 41.0 Å². The Hall–Kier alpha value is -1.33. The van der Waals surface area contributed by atoms with Crippen molar-refractivity contribution in [2.45, 2.75) is 6.04 Å². The number of halogens is 3. The molecular weight excluding hydrogens is 302 g/mol. The maximum Gasteiger partial charge on any atom is 0.145 e. The first kappa shape index (κ1) is 13.1. The van der Waals surface area contributed by atoms with Gasteiger partial charge in [-0.05, 0) is 47.2 Å². The highest BCUT2D eigenvalue weighted by Gasteiger charge is 2.23. The van der Waals surface area contributed by atoms with E-state index >= 15 is 0 Å². The Morgan fingerprint density at radius 3 is 2.61 bits per heavy atom. The third-order valence-corrected chi connectivity index (χ3v) is 3.25. The van der Waals surface area contributed by atoms with Crippen LogP contribution >= 0.6 is 15.9 Å². The van der Waals surface area contributed by atoms with E-state index in [9.17, 15) is 8.78 Å². The molecule has 94 valence electrons. The molecule has 0 fully saturated rings. The van der Waals surface area contributed by atoms with E-state index in [0.29, 0.717) is 5.69 Å². The van der Waals surface area contributed by atoms with Gasteiger partial charge in [0.05, 0.1) is 16.2 Å². The van der Waals surface area contributed by atoms with Crippen LogP contribution in [0, 0.1) is 11.6 Å². The second-order valence-corrected chi connectivity index (χ2v) is 4.59. The van der Waals surface area contributed by atoms with Crippen LogP contribution in [0.1, 0.15) is 17.3 Å². The topological polar surface area (TPSA) is 24.9 Å². The number of nitrogens with one attached hydrogen (secondary N) is 1. The molecule has 1 heterocycles. The molecule has 0 aliphatic carbocycles. The van der Waals surface area contributed by atoms with Crippen molar-refractivity contribution in [3.63, 3.8) is 0 Å². The van der Waals surface area contributed by atoms with E-state index in [1.807, 2.05) is 0 Å². The maximum atomic E-state index is 14.0.